The minimum absolute atomic E-state index is 0.248. The molecular weight excluding hydrogens is 296 g/mol. The van der Waals surface area contributed by atoms with Gasteiger partial charge in [-0.25, -0.2) is 0 Å². The Morgan fingerprint density at radius 2 is 2.09 bits per heavy atom. The summed E-state index contributed by atoms with van der Waals surface area (Å²) in [7, 11) is 0. The number of β-amino-alcohol motifs (C(OH)–C–C–N with tert-alkyl or cyclic N) is 1. The first-order chi connectivity index (χ1) is 11.2. The van der Waals surface area contributed by atoms with E-state index in [4.69, 9.17) is 9.47 Å². The molecule has 23 heavy (non-hydrogen) atoms. The maximum absolute atomic E-state index is 10.2. The molecule has 0 spiro atoms. The van der Waals surface area contributed by atoms with Crippen molar-refractivity contribution >= 4 is 5.82 Å². The lowest BCUT2D eigenvalue weighted by atomic mass is 10.1. The third-order valence-electron chi connectivity index (χ3n) is 4.55. The molecule has 0 aliphatic carbocycles. The van der Waals surface area contributed by atoms with E-state index in [9.17, 15) is 5.11 Å². The van der Waals surface area contributed by atoms with Crippen molar-refractivity contribution in [1.29, 1.82) is 0 Å². The predicted octanol–water partition coefficient (Wildman–Crippen LogP) is 0.397. The number of ether oxygens (including phenoxy) is 2. The van der Waals surface area contributed by atoms with E-state index >= 15 is 0 Å². The van der Waals surface area contributed by atoms with E-state index in [0.717, 1.165) is 63.7 Å². The van der Waals surface area contributed by atoms with Crippen LogP contribution in [0, 0.1) is 6.92 Å². The second-order valence-electron chi connectivity index (χ2n) is 6.50. The molecule has 2 N–H and O–H groups in total. The molecule has 3 rings (SSSR count). The number of piperazine rings is 1. The Kier molecular flexibility index (Phi) is 5.88. The molecule has 1 atom stereocenters. The Labute approximate surface area is 137 Å². The summed E-state index contributed by atoms with van der Waals surface area (Å²) >= 11 is 0. The first-order valence-corrected chi connectivity index (χ1v) is 8.57. The van der Waals surface area contributed by atoms with Crippen molar-refractivity contribution in [1.82, 2.24) is 15.1 Å². The Balaban J connectivity index is 1.34. The fourth-order valence-corrected chi connectivity index (χ4v) is 3.17. The molecule has 2 aliphatic rings. The van der Waals surface area contributed by atoms with E-state index in [1.54, 1.807) is 0 Å². The van der Waals surface area contributed by atoms with Crippen LogP contribution in [-0.4, -0.2) is 85.0 Å². The van der Waals surface area contributed by atoms with Gasteiger partial charge in [0, 0.05) is 57.7 Å². The molecule has 2 saturated heterocycles. The van der Waals surface area contributed by atoms with Crippen molar-refractivity contribution in [2.75, 3.05) is 57.4 Å². The van der Waals surface area contributed by atoms with E-state index in [-0.39, 0.29) is 6.10 Å². The molecule has 0 amide bonds. The van der Waals surface area contributed by atoms with Crippen LogP contribution in [0.4, 0.5) is 5.82 Å². The first-order valence-electron chi connectivity index (χ1n) is 8.57. The average molecular weight is 324 g/mol. The Morgan fingerprint density at radius 1 is 1.35 bits per heavy atom. The van der Waals surface area contributed by atoms with E-state index < -0.39 is 6.10 Å². The minimum Gasteiger partial charge on any atom is -0.389 e. The van der Waals surface area contributed by atoms with Crippen molar-refractivity contribution in [3.8, 4) is 0 Å². The van der Waals surface area contributed by atoms with Crippen molar-refractivity contribution in [2.45, 2.75) is 32.0 Å². The van der Waals surface area contributed by atoms with Crippen LogP contribution in [0.3, 0.4) is 0 Å². The van der Waals surface area contributed by atoms with Gasteiger partial charge in [0.1, 0.15) is 0 Å². The highest BCUT2D eigenvalue weighted by Gasteiger charge is 2.22. The number of aromatic amines is 1. The number of aliphatic hydroxyl groups excluding tert-OH is 1. The summed E-state index contributed by atoms with van der Waals surface area (Å²) in [5.74, 6) is 1.02. The average Bonchev–Trinajstić information content (AvgIpc) is 3.01. The number of anilines is 1. The second kappa shape index (κ2) is 8.10. The van der Waals surface area contributed by atoms with Crippen molar-refractivity contribution in [3.05, 3.63) is 11.8 Å². The number of hydrogen-bond acceptors (Lipinski definition) is 6. The van der Waals surface area contributed by atoms with Crippen LogP contribution in [0.15, 0.2) is 6.07 Å². The molecule has 2 aliphatic heterocycles. The monoisotopic (exact) mass is 324 g/mol. The molecule has 1 aromatic heterocycles. The molecule has 3 heterocycles. The highest BCUT2D eigenvalue weighted by atomic mass is 16.5. The van der Waals surface area contributed by atoms with Gasteiger partial charge in [-0.1, -0.05) is 0 Å². The van der Waals surface area contributed by atoms with E-state index in [2.05, 4.69) is 26.1 Å². The van der Waals surface area contributed by atoms with Gasteiger partial charge in [-0.3, -0.25) is 10.00 Å². The van der Waals surface area contributed by atoms with Crippen LogP contribution < -0.4 is 4.90 Å². The maximum Gasteiger partial charge on any atom is 0.150 e. The van der Waals surface area contributed by atoms with Crippen LogP contribution in [0.1, 0.15) is 18.5 Å². The van der Waals surface area contributed by atoms with Gasteiger partial charge in [-0.15, -0.1) is 0 Å². The van der Waals surface area contributed by atoms with E-state index in [0.29, 0.717) is 13.2 Å². The lowest BCUT2D eigenvalue weighted by molar-refractivity contribution is -0.0642. The van der Waals surface area contributed by atoms with Gasteiger partial charge in [-0.2, -0.15) is 5.10 Å². The number of aromatic nitrogens is 2. The molecule has 0 saturated carbocycles. The molecule has 0 bridgehead atoms. The molecule has 2 fully saturated rings. The second-order valence-corrected chi connectivity index (χ2v) is 6.50. The first kappa shape index (κ1) is 16.7. The molecule has 0 aromatic carbocycles. The Hall–Kier alpha value is -1.15. The number of hydrogen-bond donors (Lipinski definition) is 2. The predicted molar refractivity (Wildman–Crippen MR) is 87.8 cm³/mol. The third kappa shape index (κ3) is 4.91. The smallest absolute Gasteiger partial charge is 0.150 e. The molecule has 1 unspecified atom stereocenters. The van der Waals surface area contributed by atoms with Gasteiger partial charge in [-0.05, 0) is 19.8 Å². The van der Waals surface area contributed by atoms with Crippen molar-refractivity contribution < 1.29 is 14.6 Å². The molecule has 1 aromatic rings. The topological polar surface area (TPSA) is 73.8 Å². The summed E-state index contributed by atoms with van der Waals surface area (Å²) in [5.41, 5.74) is 1.09. The SMILES string of the molecule is Cc1cc(N2CCN(CC(O)COC3CCOCC3)CC2)n[nH]1. The van der Waals surface area contributed by atoms with Gasteiger partial charge in [0.15, 0.2) is 5.82 Å². The number of H-pyrrole nitrogens is 1. The van der Waals surface area contributed by atoms with Crippen LogP contribution in [0.25, 0.3) is 0 Å². The highest BCUT2D eigenvalue weighted by molar-refractivity contribution is 5.39. The van der Waals surface area contributed by atoms with Gasteiger partial charge in [0.25, 0.3) is 0 Å². The summed E-state index contributed by atoms with van der Waals surface area (Å²) in [6, 6.07) is 2.08. The lowest BCUT2D eigenvalue weighted by Gasteiger charge is -2.35. The standard InChI is InChI=1S/C16H28N4O3/c1-13-10-16(18-17-13)20-6-4-19(5-7-20)11-14(21)12-23-15-2-8-22-9-3-15/h10,14-15,21H,2-9,11-12H2,1H3,(H,17,18). The quantitative estimate of drug-likeness (QED) is 0.789. The fraction of sp³-hybridized carbons (Fsp3) is 0.812. The number of nitrogens with one attached hydrogen (secondary N) is 1. The summed E-state index contributed by atoms with van der Waals surface area (Å²) in [4.78, 5) is 4.58. The van der Waals surface area contributed by atoms with Crippen molar-refractivity contribution in [2.24, 2.45) is 0 Å². The molecular formula is C16H28N4O3. The zero-order valence-corrected chi connectivity index (χ0v) is 13.9. The van der Waals surface area contributed by atoms with Gasteiger partial charge < -0.3 is 19.5 Å². The lowest BCUT2D eigenvalue weighted by Crippen LogP contribution is -2.49. The highest BCUT2D eigenvalue weighted by Crippen LogP contribution is 2.15. The van der Waals surface area contributed by atoms with Gasteiger partial charge in [0.2, 0.25) is 0 Å². The minimum atomic E-state index is -0.419. The summed E-state index contributed by atoms with van der Waals surface area (Å²) < 4.78 is 11.1. The maximum atomic E-state index is 10.2. The summed E-state index contributed by atoms with van der Waals surface area (Å²) in [6.07, 6.45) is 1.71. The zero-order valence-electron chi connectivity index (χ0n) is 13.9. The number of rotatable bonds is 6. The fourth-order valence-electron chi connectivity index (χ4n) is 3.17. The number of nitrogens with zero attached hydrogens (tertiary/aromatic N) is 3. The molecule has 7 nitrogen and oxygen atoms in total. The van der Waals surface area contributed by atoms with Gasteiger partial charge >= 0.3 is 0 Å². The normalized spacial score (nSPS) is 22.4. The van der Waals surface area contributed by atoms with Crippen LogP contribution >= 0.6 is 0 Å². The molecule has 0 radical (unpaired) electrons. The molecule has 7 heteroatoms. The third-order valence-corrected chi connectivity index (χ3v) is 4.55. The van der Waals surface area contributed by atoms with E-state index in [1.165, 1.54) is 0 Å². The Bertz CT molecular complexity index is 468. The largest absolute Gasteiger partial charge is 0.389 e. The van der Waals surface area contributed by atoms with E-state index in [1.807, 2.05) is 6.92 Å². The Morgan fingerprint density at radius 3 is 2.74 bits per heavy atom. The summed E-state index contributed by atoms with van der Waals surface area (Å²) in [6.45, 7) is 8.43. The zero-order chi connectivity index (χ0) is 16.1. The van der Waals surface area contributed by atoms with Crippen LogP contribution in [-0.2, 0) is 9.47 Å². The van der Waals surface area contributed by atoms with Crippen molar-refractivity contribution in [3.63, 3.8) is 0 Å². The van der Waals surface area contributed by atoms with Crippen LogP contribution in [0.5, 0.6) is 0 Å². The van der Waals surface area contributed by atoms with Crippen LogP contribution in [0.2, 0.25) is 0 Å². The number of aliphatic hydroxyl groups is 1. The summed E-state index contributed by atoms with van der Waals surface area (Å²) in [5, 5.41) is 17.5. The van der Waals surface area contributed by atoms with Gasteiger partial charge in [0.05, 0.1) is 18.8 Å². The molecule has 130 valence electrons. The number of aryl methyl sites for hydroxylation is 1.